The van der Waals surface area contributed by atoms with Gasteiger partial charge in [-0.2, -0.15) is 0 Å². The van der Waals surface area contributed by atoms with Crippen LogP contribution in [0.25, 0.3) is 11.0 Å². The number of esters is 1. The van der Waals surface area contributed by atoms with Gasteiger partial charge in [-0.1, -0.05) is 12.1 Å². The van der Waals surface area contributed by atoms with Crippen molar-refractivity contribution in [2.75, 3.05) is 12.4 Å². The van der Waals surface area contributed by atoms with Crippen molar-refractivity contribution < 1.29 is 9.53 Å². The quantitative estimate of drug-likeness (QED) is 0.587. The molecule has 0 fully saturated rings. The van der Waals surface area contributed by atoms with Crippen LogP contribution < -0.4 is 11.5 Å². The second-order valence-electron chi connectivity index (χ2n) is 3.57. The van der Waals surface area contributed by atoms with Crippen molar-refractivity contribution in [3.63, 3.8) is 0 Å². The summed E-state index contributed by atoms with van der Waals surface area (Å²) in [6.07, 6.45) is 0. The molecule has 2 rings (SSSR count). The average Bonchev–Trinajstić information content (AvgIpc) is 2.56. The van der Waals surface area contributed by atoms with Gasteiger partial charge in [-0.3, -0.25) is 14.8 Å². The van der Waals surface area contributed by atoms with Crippen LogP contribution in [0.2, 0.25) is 0 Å². The maximum absolute atomic E-state index is 11.4. The highest BCUT2D eigenvalue weighted by atomic mass is 16.5. The zero-order chi connectivity index (χ0) is 12.4. The summed E-state index contributed by atoms with van der Waals surface area (Å²) in [5.41, 5.74) is 1.52. The molecular formula is C11H14N4O2. The number of hydrogen-bond donors (Lipinski definition) is 2. The number of para-hydroxylation sites is 2. The minimum atomic E-state index is -0.373. The largest absolute Gasteiger partial charge is 0.465 e. The first kappa shape index (κ1) is 11.3. The molecule has 1 aromatic heterocycles. The van der Waals surface area contributed by atoms with Crippen LogP contribution in [0.3, 0.4) is 0 Å². The SMILES string of the molecule is CCOC(=O)Cn1c(=N)n(N)c2ccccc21. The summed E-state index contributed by atoms with van der Waals surface area (Å²) >= 11 is 0. The number of hydrogen-bond acceptors (Lipinski definition) is 4. The van der Waals surface area contributed by atoms with Gasteiger partial charge in [0.25, 0.3) is 0 Å². The smallest absolute Gasteiger partial charge is 0.326 e. The molecule has 0 aliphatic carbocycles. The number of nitrogens with two attached hydrogens (primary N) is 1. The molecule has 90 valence electrons. The van der Waals surface area contributed by atoms with Gasteiger partial charge in [0.2, 0.25) is 5.62 Å². The van der Waals surface area contributed by atoms with Crippen LogP contribution in [-0.4, -0.2) is 21.8 Å². The summed E-state index contributed by atoms with van der Waals surface area (Å²) in [4.78, 5) is 11.4. The molecule has 0 unspecified atom stereocenters. The number of benzene rings is 1. The third kappa shape index (κ3) is 1.89. The highest BCUT2D eigenvalue weighted by Gasteiger charge is 2.11. The van der Waals surface area contributed by atoms with Crippen LogP contribution in [0.4, 0.5) is 0 Å². The number of aromatic nitrogens is 2. The zero-order valence-electron chi connectivity index (χ0n) is 9.51. The van der Waals surface area contributed by atoms with E-state index in [4.69, 9.17) is 16.0 Å². The van der Waals surface area contributed by atoms with E-state index in [0.29, 0.717) is 12.1 Å². The van der Waals surface area contributed by atoms with Crippen molar-refractivity contribution in [3.8, 4) is 0 Å². The molecule has 0 saturated heterocycles. The molecule has 0 amide bonds. The number of nitrogens with zero attached hydrogens (tertiary/aromatic N) is 2. The van der Waals surface area contributed by atoms with Crippen molar-refractivity contribution in [1.82, 2.24) is 9.24 Å². The van der Waals surface area contributed by atoms with Gasteiger partial charge >= 0.3 is 5.97 Å². The van der Waals surface area contributed by atoms with Crippen molar-refractivity contribution in [3.05, 3.63) is 29.9 Å². The third-order valence-electron chi connectivity index (χ3n) is 2.51. The van der Waals surface area contributed by atoms with Crippen molar-refractivity contribution in [2.24, 2.45) is 0 Å². The Labute approximate surface area is 97.7 Å². The molecule has 0 aliphatic rings. The first-order chi connectivity index (χ1) is 8.15. The minimum Gasteiger partial charge on any atom is -0.465 e. The number of imidazole rings is 1. The van der Waals surface area contributed by atoms with Gasteiger partial charge in [-0.15, -0.1) is 0 Å². The van der Waals surface area contributed by atoms with Gasteiger partial charge in [0.05, 0.1) is 17.6 Å². The minimum absolute atomic E-state index is 0.00259. The van der Waals surface area contributed by atoms with Gasteiger partial charge in [-0.05, 0) is 19.1 Å². The fourth-order valence-corrected chi connectivity index (χ4v) is 1.75. The normalized spacial score (nSPS) is 10.6. The Morgan fingerprint density at radius 2 is 2.06 bits per heavy atom. The number of nitrogens with one attached hydrogen (secondary N) is 1. The van der Waals surface area contributed by atoms with E-state index >= 15 is 0 Å². The molecule has 0 spiro atoms. The fraction of sp³-hybridized carbons (Fsp3) is 0.273. The lowest BCUT2D eigenvalue weighted by Gasteiger charge is -2.03. The average molecular weight is 234 g/mol. The van der Waals surface area contributed by atoms with Crippen LogP contribution in [0, 0.1) is 5.41 Å². The first-order valence-corrected chi connectivity index (χ1v) is 5.30. The molecule has 0 radical (unpaired) electrons. The van der Waals surface area contributed by atoms with Crippen molar-refractivity contribution in [2.45, 2.75) is 13.5 Å². The molecule has 1 heterocycles. The summed E-state index contributed by atoms with van der Waals surface area (Å²) in [5.74, 6) is 5.37. The van der Waals surface area contributed by atoms with Crippen molar-refractivity contribution >= 4 is 17.0 Å². The van der Waals surface area contributed by atoms with Crippen LogP contribution in [0.15, 0.2) is 24.3 Å². The molecule has 0 saturated carbocycles. The number of rotatable bonds is 3. The Bertz CT molecular complexity index is 611. The zero-order valence-corrected chi connectivity index (χ0v) is 9.51. The summed E-state index contributed by atoms with van der Waals surface area (Å²) in [6.45, 7) is 2.07. The molecule has 6 heteroatoms. The van der Waals surface area contributed by atoms with Gasteiger partial charge in [0.1, 0.15) is 6.54 Å². The lowest BCUT2D eigenvalue weighted by Crippen LogP contribution is -2.31. The molecule has 3 N–H and O–H groups in total. The molecule has 17 heavy (non-hydrogen) atoms. The van der Waals surface area contributed by atoms with E-state index in [1.54, 1.807) is 13.0 Å². The fourth-order valence-electron chi connectivity index (χ4n) is 1.75. The number of carbonyl (C=O) groups is 1. The maximum atomic E-state index is 11.4. The number of carbonyl (C=O) groups excluding carboxylic acids is 1. The topological polar surface area (TPSA) is 86.0 Å². The van der Waals surface area contributed by atoms with E-state index in [1.165, 1.54) is 9.24 Å². The van der Waals surface area contributed by atoms with Crippen molar-refractivity contribution in [1.29, 1.82) is 5.41 Å². The van der Waals surface area contributed by atoms with E-state index in [1.807, 2.05) is 18.2 Å². The van der Waals surface area contributed by atoms with Crippen LogP contribution in [0.5, 0.6) is 0 Å². The van der Waals surface area contributed by atoms with Gasteiger partial charge < -0.3 is 10.6 Å². The molecule has 0 atom stereocenters. The lowest BCUT2D eigenvalue weighted by atomic mass is 10.3. The van der Waals surface area contributed by atoms with Gasteiger partial charge in [-0.25, -0.2) is 4.68 Å². The molecule has 0 bridgehead atoms. The van der Waals surface area contributed by atoms with Gasteiger partial charge in [0, 0.05) is 0 Å². The molecule has 1 aromatic carbocycles. The van der Waals surface area contributed by atoms with Crippen LogP contribution >= 0.6 is 0 Å². The first-order valence-electron chi connectivity index (χ1n) is 5.30. The van der Waals surface area contributed by atoms with E-state index < -0.39 is 0 Å². The summed E-state index contributed by atoms with van der Waals surface area (Å²) in [7, 11) is 0. The Hall–Kier alpha value is -2.24. The highest BCUT2D eigenvalue weighted by molar-refractivity contribution is 5.78. The Morgan fingerprint density at radius 1 is 1.41 bits per heavy atom. The number of ether oxygens (including phenoxy) is 1. The third-order valence-corrected chi connectivity index (χ3v) is 2.51. The Morgan fingerprint density at radius 3 is 2.71 bits per heavy atom. The Balaban J connectivity index is 2.50. The number of nitrogen functional groups attached to an aromatic ring is 1. The number of fused-ring (bicyclic) bond motifs is 1. The second-order valence-corrected chi connectivity index (χ2v) is 3.57. The monoisotopic (exact) mass is 234 g/mol. The molecule has 6 nitrogen and oxygen atoms in total. The van der Waals surface area contributed by atoms with Crippen LogP contribution in [-0.2, 0) is 16.1 Å². The van der Waals surface area contributed by atoms with E-state index in [0.717, 1.165) is 5.52 Å². The predicted molar refractivity (Wildman–Crippen MR) is 62.6 cm³/mol. The molecule has 0 aliphatic heterocycles. The van der Waals surface area contributed by atoms with Crippen LogP contribution in [0.1, 0.15) is 6.92 Å². The summed E-state index contributed by atoms with van der Waals surface area (Å²) in [6, 6.07) is 7.29. The predicted octanol–water partition coefficient (Wildman–Crippen LogP) is 0.199. The van der Waals surface area contributed by atoms with E-state index in [-0.39, 0.29) is 18.1 Å². The van der Waals surface area contributed by atoms with E-state index in [2.05, 4.69) is 0 Å². The second kappa shape index (κ2) is 4.32. The maximum Gasteiger partial charge on any atom is 0.326 e. The van der Waals surface area contributed by atoms with Gasteiger partial charge in [0.15, 0.2) is 0 Å². The summed E-state index contributed by atoms with van der Waals surface area (Å²) in [5, 5.41) is 7.84. The lowest BCUT2D eigenvalue weighted by molar-refractivity contribution is -0.143. The standard InChI is InChI=1S/C11H14N4O2/c1-2-17-10(16)7-14-8-5-3-4-6-9(8)15(13)11(14)12/h3-6,12H,2,7,13H2,1H3. The molecule has 2 aromatic rings. The highest BCUT2D eigenvalue weighted by Crippen LogP contribution is 2.10. The Kier molecular flexibility index (Phi) is 2.86. The molecular weight excluding hydrogens is 220 g/mol. The van der Waals surface area contributed by atoms with E-state index in [9.17, 15) is 4.79 Å². The summed E-state index contributed by atoms with van der Waals surface area (Å²) < 4.78 is 7.63.